The highest BCUT2D eigenvalue weighted by Crippen LogP contribution is 2.19. The minimum atomic E-state index is -1.63. The van der Waals surface area contributed by atoms with Crippen molar-refractivity contribution in [3.05, 3.63) is 0 Å². The van der Waals surface area contributed by atoms with Crippen LogP contribution in [0.15, 0.2) is 4.99 Å². The second kappa shape index (κ2) is 14.4. The first kappa shape index (κ1) is 30.1. The van der Waals surface area contributed by atoms with Gasteiger partial charge in [-0.1, -0.05) is 0 Å². The molecule has 1 aliphatic rings. The third-order valence-corrected chi connectivity index (χ3v) is 5.46. The summed E-state index contributed by atoms with van der Waals surface area (Å²) in [5, 5.41) is 13.8. The molecule has 202 valence electrons. The molecule has 0 bridgehead atoms. The van der Waals surface area contributed by atoms with Gasteiger partial charge in [-0.3, -0.25) is 29.0 Å². The predicted octanol–water partition coefficient (Wildman–Crippen LogP) is -4.45. The van der Waals surface area contributed by atoms with Gasteiger partial charge >= 0.3 is 5.97 Å². The summed E-state index contributed by atoms with van der Waals surface area (Å²) in [6.07, 6.45) is 0.343. The Morgan fingerprint density at radius 3 is 2.19 bits per heavy atom. The van der Waals surface area contributed by atoms with Crippen molar-refractivity contribution in [1.82, 2.24) is 15.5 Å². The van der Waals surface area contributed by atoms with Crippen LogP contribution in [0.5, 0.6) is 0 Å². The Morgan fingerprint density at radius 1 is 0.972 bits per heavy atom. The van der Waals surface area contributed by atoms with Gasteiger partial charge in [0.25, 0.3) is 0 Å². The lowest BCUT2D eigenvalue weighted by Crippen LogP contribution is -2.57. The molecule has 1 rings (SSSR count). The molecule has 36 heavy (non-hydrogen) atoms. The van der Waals surface area contributed by atoms with Crippen LogP contribution in [0.4, 0.5) is 0 Å². The average molecular weight is 514 g/mol. The number of hydrogen-bond acceptors (Lipinski definition) is 8. The molecule has 0 aromatic rings. The van der Waals surface area contributed by atoms with Crippen molar-refractivity contribution < 1.29 is 33.9 Å². The fourth-order valence-electron chi connectivity index (χ4n) is 3.66. The number of aliphatic imine (C=N–C) groups is 1. The minimum absolute atomic E-state index is 0.0783. The van der Waals surface area contributed by atoms with Crippen LogP contribution >= 0.6 is 0 Å². The third kappa shape index (κ3) is 10.1. The largest absolute Gasteiger partial charge is 0.480 e. The number of primary amides is 2. The molecule has 1 aliphatic heterocycles. The fraction of sp³-hybridized carbons (Fsp3) is 0.650. The predicted molar refractivity (Wildman–Crippen MR) is 126 cm³/mol. The van der Waals surface area contributed by atoms with E-state index in [0.29, 0.717) is 19.3 Å². The molecule has 4 atom stereocenters. The quantitative estimate of drug-likeness (QED) is 0.0590. The number of hydrogen-bond donors (Lipinski definition) is 8. The second-order valence-electron chi connectivity index (χ2n) is 8.38. The van der Waals surface area contributed by atoms with E-state index >= 15 is 0 Å². The maximum Gasteiger partial charge on any atom is 0.326 e. The van der Waals surface area contributed by atoms with Crippen LogP contribution in [0.1, 0.15) is 44.9 Å². The summed E-state index contributed by atoms with van der Waals surface area (Å²) < 4.78 is 0. The number of amides is 5. The molecule has 0 spiro atoms. The molecule has 1 fully saturated rings. The summed E-state index contributed by atoms with van der Waals surface area (Å²) in [5.74, 6) is -5.39. The van der Waals surface area contributed by atoms with Crippen molar-refractivity contribution in [2.45, 2.75) is 69.1 Å². The van der Waals surface area contributed by atoms with Gasteiger partial charge in [0, 0.05) is 19.5 Å². The van der Waals surface area contributed by atoms with E-state index < -0.39 is 66.1 Å². The third-order valence-electron chi connectivity index (χ3n) is 5.46. The van der Waals surface area contributed by atoms with Crippen molar-refractivity contribution >= 4 is 41.5 Å². The lowest BCUT2D eigenvalue weighted by Gasteiger charge is -2.28. The number of likely N-dealkylation sites (tertiary alicyclic amines) is 1. The highest BCUT2D eigenvalue weighted by Gasteiger charge is 2.38. The molecule has 0 aromatic heterocycles. The zero-order chi connectivity index (χ0) is 27.4. The van der Waals surface area contributed by atoms with Gasteiger partial charge in [0.1, 0.15) is 18.1 Å². The summed E-state index contributed by atoms with van der Waals surface area (Å²) in [6.45, 7) is 0.563. The number of rotatable bonds is 15. The van der Waals surface area contributed by atoms with Crippen LogP contribution in [0.25, 0.3) is 0 Å². The number of nitrogens with zero attached hydrogens (tertiary/aromatic N) is 2. The summed E-state index contributed by atoms with van der Waals surface area (Å²) in [4.78, 5) is 77.4. The SMILES string of the molecule is NC(=O)CCC(NC(=O)C1CCCN1C(=O)C(N)CCCN=C(N)N)C(=O)NC(CC(N)=O)C(=O)O. The zero-order valence-corrected chi connectivity index (χ0v) is 19.9. The van der Waals surface area contributed by atoms with Crippen molar-refractivity contribution in [2.24, 2.45) is 33.7 Å². The summed E-state index contributed by atoms with van der Waals surface area (Å²) in [6, 6.07) is -4.81. The van der Waals surface area contributed by atoms with Crippen LogP contribution in [0, 0.1) is 0 Å². The molecule has 1 saturated heterocycles. The number of carboxylic acids is 1. The maximum absolute atomic E-state index is 13.0. The fourth-order valence-corrected chi connectivity index (χ4v) is 3.66. The van der Waals surface area contributed by atoms with Crippen LogP contribution in [0.3, 0.4) is 0 Å². The van der Waals surface area contributed by atoms with Crippen LogP contribution in [-0.4, -0.2) is 88.7 Å². The maximum atomic E-state index is 13.0. The first-order valence-electron chi connectivity index (χ1n) is 11.3. The van der Waals surface area contributed by atoms with E-state index in [-0.39, 0.29) is 38.3 Å². The number of nitrogens with one attached hydrogen (secondary N) is 2. The molecule has 16 nitrogen and oxygen atoms in total. The number of guanidine groups is 1. The Bertz CT molecular complexity index is 876. The molecular formula is C20H35N9O7. The van der Waals surface area contributed by atoms with Gasteiger partial charge in [0.2, 0.25) is 29.5 Å². The number of nitrogens with two attached hydrogens (primary N) is 5. The number of carbonyl (C=O) groups excluding carboxylic acids is 5. The summed E-state index contributed by atoms with van der Waals surface area (Å²) in [7, 11) is 0. The topological polar surface area (TPSA) is 292 Å². The molecule has 0 aromatic carbocycles. The van der Waals surface area contributed by atoms with Crippen molar-refractivity contribution in [1.29, 1.82) is 0 Å². The van der Waals surface area contributed by atoms with E-state index in [1.807, 2.05) is 0 Å². The summed E-state index contributed by atoms with van der Waals surface area (Å²) in [5.41, 5.74) is 26.7. The zero-order valence-electron chi connectivity index (χ0n) is 19.9. The second-order valence-corrected chi connectivity index (χ2v) is 8.38. The van der Waals surface area contributed by atoms with Gasteiger partial charge < -0.3 is 49.3 Å². The van der Waals surface area contributed by atoms with E-state index in [9.17, 15) is 33.9 Å². The van der Waals surface area contributed by atoms with Crippen LogP contribution < -0.4 is 39.3 Å². The van der Waals surface area contributed by atoms with Gasteiger partial charge in [-0.25, -0.2) is 4.79 Å². The highest BCUT2D eigenvalue weighted by atomic mass is 16.4. The number of carboxylic acid groups (broad SMARTS) is 1. The molecule has 16 heteroatoms. The standard InChI is InChI=1S/C20H35N9O7/c21-10(3-1-7-26-20(24)25)18(34)29-8-2-4-13(29)17(33)27-11(5-6-14(22)30)16(32)28-12(19(35)36)9-15(23)31/h10-13H,1-9,21H2,(H2,22,30)(H2,23,31)(H,27,33)(H,28,32)(H,35,36)(H4,24,25,26). The van der Waals surface area contributed by atoms with Gasteiger partial charge in [0.05, 0.1) is 12.5 Å². The summed E-state index contributed by atoms with van der Waals surface area (Å²) >= 11 is 0. The number of aliphatic carboxylic acids is 1. The van der Waals surface area contributed by atoms with Crippen LogP contribution in [0.2, 0.25) is 0 Å². The number of carbonyl (C=O) groups is 6. The highest BCUT2D eigenvalue weighted by molar-refractivity contribution is 5.95. The lowest BCUT2D eigenvalue weighted by atomic mass is 10.1. The van der Waals surface area contributed by atoms with E-state index in [0.717, 1.165) is 0 Å². The Hall–Kier alpha value is -3.95. The van der Waals surface area contributed by atoms with Crippen molar-refractivity contribution in [3.63, 3.8) is 0 Å². The van der Waals surface area contributed by atoms with Crippen LogP contribution in [-0.2, 0) is 28.8 Å². The monoisotopic (exact) mass is 513 g/mol. The Labute approximate surface area is 207 Å². The van der Waals surface area contributed by atoms with E-state index in [2.05, 4.69) is 15.6 Å². The first-order chi connectivity index (χ1) is 16.8. The Kier molecular flexibility index (Phi) is 12.1. The lowest BCUT2D eigenvalue weighted by molar-refractivity contribution is -0.144. The Morgan fingerprint density at radius 2 is 1.64 bits per heavy atom. The molecule has 0 aliphatic carbocycles. The minimum Gasteiger partial charge on any atom is -0.480 e. The molecule has 4 unspecified atom stereocenters. The van der Waals surface area contributed by atoms with Gasteiger partial charge in [-0.2, -0.15) is 0 Å². The molecule has 5 amide bonds. The smallest absolute Gasteiger partial charge is 0.326 e. The van der Waals surface area contributed by atoms with E-state index in [1.165, 1.54) is 4.90 Å². The molecular weight excluding hydrogens is 478 g/mol. The normalized spacial score (nSPS) is 17.4. The average Bonchev–Trinajstić information content (AvgIpc) is 3.27. The van der Waals surface area contributed by atoms with Gasteiger partial charge in [-0.15, -0.1) is 0 Å². The van der Waals surface area contributed by atoms with Gasteiger partial charge in [0.15, 0.2) is 5.96 Å². The van der Waals surface area contributed by atoms with Crippen molar-refractivity contribution in [2.75, 3.05) is 13.1 Å². The molecule has 0 saturated carbocycles. The Balaban J connectivity index is 2.89. The van der Waals surface area contributed by atoms with E-state index in [1.54, 1.807) is 0 Å². The molecule has 13 N–H and O–H groups in total. The molecule has 1 heterocycles. The molecule has 0 radical (unpaired) electrons. The van der Waals surface area contributed by atoms with Crippen molar-refractivity contribution in [3.8, 4) is 0 Å². The van der Waals surface area contributed by atoms with E-state index in [4.69, 9.17) is 28.7 Å². The first-order valence-corrected chi connectivity index (χ1v) is 11.3. The van der Waals surface area contributed by atoms with Gasteiger partial charge in [-0.05, 0) is 32.1 Å².